The molecule has 1 aliphatic rings. The van der Waals surface area contributed by atoms with Gasteiger partial charge in [-0.15, -0.1) is 0 Å². The van der Waals surface area contributed by atoms with Crippen LogP contribution in [0, 0.1) is 5.82 Å². The van der Waals surface area contributed by atoms with Crippen molar-refractivity contribution in [1.82, 2.24) is 4.90 Å². The van der Waals surface area contributed by atoms with Crippen molar-refractivity contribution in [2.45, 2.75) is 19.1 Å². The van der Waals surface area contributed by atoms with Gasteiger partial charge in [-0.2, -0.15) is 0 Å². The lowest BCUT2D eigenvalue weighted by Gasteiger charge is -2.35. The van der Waals surface area contributed by atoms with E-state index in [2.05, 4.69) is 0 Å². The van der Waals surface area contributed by atoms with E-state index >= 15 is 0 Å². The van der Waals surface area contributed by atoms with Crippen molar-refractivity contribution in [3.63, 3.8) is 0 Å². The number of amides is 1. The molecule has 114 valence electrons. The van der Waals surface area contributed by atoms with Crippen LogP contribution < -0.4 is 4.74 Å². The fraction of sp³-hybridized carbons (Fsp3) is 0.429. The largest absolute Gasteiger partial charge is 0.494 e. The summed E-state index contributed by atoms with van der Waals surface area (Å²) in [6, 6.07) is 3.79. The highest BCUT2D eigenvalue weighted by Gasteiger charge is 2.33. The van der Waals surface area contributed by atoms with Crippen LogP contribution in [-0.4, -0.2) is 54.3 Å². The maximum absolute atomic E-state index is 13.4. The van der Waals surface area contributed by atoms with E-state index in [1.807, 2.05) is 0 Å². The van der Waals surface area contributed by atoms with Gasteiger partial charge in [-0.3, -0.25) is 4.79 Å². The number of carbonyl (C=O) groups is 2. The molecule has 7 heteroatoms. The Hall–Kier alpha value is -2.15. The molecule has 1 aliphatic heterocycles. The average molecular weight is 297 g/mol. The number of hydrogen-bond acceptors (Lipinski definition) is 4. The van der Waals surface area contributed by atoms with Crippen LogP contribution in [-0.2, 0) is 9.53 Å². The fourth-order valence-corrected chi connectivity index (χ4v) is 2.23. The lowest BCUT2D eigenvalue weighted by Crippen LogP contribution is -2.51. The fourth-order valence-electron chi connectivity index (χ4n) is 2.23. The Morgan fingerprint density at radius 2 is 2.14 bits per heavy atom. The van der Waals surface area contributed by atoms with Crippen molar-refractivity contribution in [2.24, 2.45) is 0 Å². The first-order chi connectivity index (χ1) is 9.92. The molecule has 1 aromatic carbocycles. The molecule has 1 heterocycles. The number of halogens is 1. The summed E-state index contributed by atoms with van der Waals surface area (Å²) in [7, 11) is 1.31. The Morgan fingerprint density at radius 3 is 2.76 bits per heavy atom. The summed E-state index contributed by atoms with van der Waals surface area (Å²) >= 11 is 0. The minimum Gasteiger partial charge on any atom is -0.494 e. The lowest BCUT2D eigenvalue weighted by molar-refractivity contribution is -0.160. The van der Waals surface area contributed by atoms with Crippen LogP contribution in [0.5, 0.6) is 5.75 Å². The van der Waals surface area contributed by atoms with E-state index < -0.39 is 17.9 Å². The molecule has 1 aromatic rings. The second kappa shape index (κ2) is 6.09. The molecule has 0 aromatic heterocycles. The molecule has 2 atom stereocenters. The molecule has 1 N–H and O–H groups in total. The highest BCUT2D eigenvalue weighted by Crippen LogP contribution is 2.21. The molecule has 0 saturated carbocycles. The van der Waals surface area contributed by atoms with Crippen molar-refractivity contribution >= 4 is 11.9 Å². The quantitative estimate of drug-likeness (QED) is 0.905. The van der Waals surface area contributed by atoms with Crippen molar-refractivity contribution in [2.75, 3.05) is 20.2 Å². The van der Waals surface area contributed by atoms with E-state index in [-0.39, 0.29) is 36.4 Å². The summed E-state index contributed by atoms with van der Waals surface area (Å²) in [5, 5.41) is 9.01. The highest BCUT2D eigenvalue weighted by atomic mass is 19.1. The topological polar surface area (TPSA) is 76.1 Å². The summed E-state index contributed by atoms with van der Waals surface area (Å²) in [6.45, 7) is 1.93. The third-order valence-corrected chi connectivity index (χ3v) is 3.22. The monoisotopic (exact) mass is 297 g/mol. The van der Waals surface area contributed by atoms with Gasteiger partial charge >= 0.3 is 5.97 Å². The highest BCUT2D eigenvalue weighted by molar-refractivity contribution is 5.95. The minimum absolute atomic E-state index is 0.0306. The minimum atomic E-state index is -1.11. The summed E-state index contributed by atoms with van der Waals surface area (Å²) < 4.78 is 23.4. The van der Waals surface area contributed by atoms with Gasteiger partial charge in [0.1, 0.15) is 0 Å². The number of benzene rings is 1. The number of methoxy groups -OCH3 is 1. The van der Waals surface area contributed by atoms with Gasteiger partial charge in [0.15, 0.2) is 17.7 Å². The second-order valence-corrected chi connectivity index (χ2v) is 4.83. The zero-order valence-corrected chi connectivity index (χ0v) is 11.7. The molecule has 0 bridgehead atoms. The van der Waals surface area contributed by atoms with Gasteiger partial charge in [0.2, 0.25) is 0 Å². The van der Waals surface area contributed by atoms with Gasteiger partial charge < -0.3 is 19.5 Å². The molecule has 1 saturated heterocycles. The summed E-state index contributed by atoms with van der Waals surface area (Å²) in [4.78, 5) is 24.8. The summed E-state index contributed by atoms with van der Waals surface area (Å²) in [6.07, 6.45) is -1.44. The van der Waals surface area contributed by atoms with Crippen LogP contribution in [0.2, 0.25) is 0 Å². The van der Waals surface area contributed by atoms with Gasteiger partial charge in [-0.1, -0.05) is 0 Å². The van der Waals surface area contributed by atoms with E-state index in [0.29, 0.717) is 0 Å². The first-order valence-corrected chi connectivity index (χ1v) is 6.43. The van der Waals surface area contributed by atoms with Crippen LogP contribution in [0.15, 0.2) is 18.2 Å². The number of carboxylic acid groups (broad SMARTS) is 1. The number of carbonyl (C=O) groups excluding carboxylic acids is 1. The Morgan fingerprint density at radius 1 is 1.43 bits per heavy atom. The van der Waals surface area contributed by atoms with E-state index in [1.165, 1.54) is 24.1 Å². The van der Waals surface area contributed by atoms with Crippen molar-refractivity contribution in [1.29, 1.82) is 0 Å². The molecule has 0 spiro atoms. The predicted octanol–water partition coefficient (Wildman–Crippen LogP) is 1.15. The van der Waals surface area contributed by atoms with E-state index in [4.69, 9.17) is 14.6 Å². The number of rotatable bonds is 3. The van der Waals surface area contributed by atoms with Crippen LogP contribution >= 0.6 is 0 Å². The molecular formula is C14H16FNO5. The SMILES string of the molecule is COc1cc(C(=O)N2CC(C(=O)O)O[C@H](C)C2)ccc1F. The Balaban J connectivity index is 2.20. The third kappa shape index (κ3) is 3.30. The van der Waals surface area contributed by atoms with Gasteiger partial charge in [0.05, 0.1) is 19.8 Å². The maximum Gasteiger partial charge on any atom is 0.334 e. The molecule has 1 fully saturated rings. The Labute approximate surface area is 121 Å². The Bertz CT molecular complexity index is 562. The van der Waals surface area contributed by atoms with Crippen LogP contribution in [0.1, 0.15) is 17.3 Å². The number of aliphatic carboxylic acids is 1. The van der Waals surface area contributed by atoms with Crippen molar-refractivity contribution in [3.05, 3.63) is 29.6 Å². The summed E-state index contributed by atoms with van der Waals surface area (Å²) in [5.41, 5.74) is 0.242. The number of morpholine rings is 1. The van der Waals surface area contributed by atoms with Gasteiger partial charge in [-0.25, -0.2) is 9.18 Å². The van der Waals surface area contributed by atoms with E-state index in [0.717, 1.165) is 6.07 Å². The smallest absolute Gasteiger partial charge is 0.334 e. The standard InChI is InChI=1S/C14H16FNO5/c1-8-6-16(7-12(21-8)14(18)19)13(17)9-3-4-10(15)11(5-9)20-2/h3-5,8,12H,6-7H2,1-2H3,(H,18,19)/t8-,12?/m1/s1. The van der Waals surface area contributed by atoms with Gasteiger partial charge in [0, 0.05) is 12.1 Å². The molecule has 2 rings (SSSR count). The van der Waals surface area contributed by atoms with Gasteiger partial charge in [-0.05, 0) is 25.1 Å². The van der Waals surface area contributed by atoms with E-state index in [1.54, 1.807) is 6.92 Å². The van der Waals surface area contributed by atoms with Crippen LogP contribution in [0.3, 0.4) is 0 Å². The third-order valence-electron chi connectivity index (χ3n) is 3.22. The Kier molecular flexibility index (Phi) is 4.42. The zero-order chi connectivity index (χ0) is 15.6. The number of carboxylic acids is 1. The van der Waals surface area contributed by atoms with Crippen molar-refractivity contribution in [3.8, 4) is 5.75 Å². The lowest BCUT2D eigenvalue weighted by atomic mass is 10.1. The molecule has 0 radical (unpaired) electrons. The van der Waals surface area contributed by atoms with Crippen LogP contribution in [0.4, 0.5) is 4.39 Å². The van der Waals surface area contributed by atoms with E-state index in [9.17, 15) is 14.0 Å². The maximum atomic E-state index is 13.4. The number of hydrogen-bond donors (Lipinski definition) is 1. The number of ether oxygens (including phenoxy) is 2. The van der Waals surface area contributed by atoms with Gasteiger partial charge in [0.25, 0.3) is 5.91 Å². The normalized spacial score (nSPS) is 22.0. The summed E-state index contributed by atoms with van der Waals surface area (Å²) in [5.74, 6) is -2.09. The predicted molar refractivity (Wildman–Crippen MR) is 70.8 cm³/mol. The molecule has 1 unspecified atom stereocenters. The second-order valence-electron chi connectivity index (χ2n) is 4.83. The molecule has 0 aliphatic carbocycles. The molecule has 1 amide bonds. The van der Waals surface area contributed by atoms with Crippen molar-refractivity contribution < 1.29 is 28.6 Å². The molecular weight excluding hydrogens is 281 g/mol. The molecule has 6 nitrogen and oxygen atoms in total. The number of nitrogens with zero attached hydrogens (tertiary/aromatic N) is 1. The first-order valence-electron chi connectivity index (χ1n) is 6.43. The first kappa shape index (κ1) is 15.2. The average Bonchev–Trinajstić information content (AvgIpc) is 2.46. The molecule has 21 heavy (non-hydrogen) atoms. The zero-order valence-electron chi connectivity index (χ0n) is 11.7. The van der Waals surface area contributed by atoms with Crippen LogP contribution in [0.25, 0.3) is 0 Å².